The van der Waals surface area contributed by atoms with Crippen LogP contribution < -0.4 is 10.1 Å². The predicted octanol–water partition coefficient (Wildman–Crippen LogP) is 5.66. The summed E-state index contributed by atoms with van der Waals surface area (Å²) in [5.74, 6) is -0.686. The number of fused-ring (bicyclic) bond motifs is 2. The van der Waals surface area contributed by atoms with Gasteiger partial charge < -0.3 is 14.8 Å². The third kappa shape index (κ3) is 3.58. The van der Waals surface area contributed by atoms with Gasteiger partial charge in [0, 0.05) is 38.5 Å². The standard InChI is InChI=1S/C28H22ClNO4/c1-16-23(28(32)33-2)24(25-26(30-16)18-10-4-5-11-19(18)27(25)31)20-12-6-8-14-22(20)34-15-17-9-3-7-13-21(17)29/h3-14,24,30H,15H2,1-2H3/t24-/m0/s1. The van der Waals surface area contributed by atoms with E-state index >= 15 is 0 Å². The van der Waals surface area contributed by atoms with Crippen molar-refractivity contribution in [2.24, 2.45) is 0 Å². The van der Waals surface area contributed by atoms with Crippen molar-refractivity contribution in [3.63, 3.8) is 0 Å². The van der Waals surface area contributed by atoms with Crippen LogP contribution in [0.1, 0.15) is 39.9 Å². The molecule has 0 saturated carbocycles. The molecule has 0 unspecified atom stereocenters. The number of allylic oxidation sites excluding steroid dienone is 2. The number of para-hydroxylation sites is 1. The van der Waals surface area contributed by atoms with Crippen LogP contribution in [0.2, 0.25) is 5.02 Å². The van der Waals surface area contributed by atoms with Crippen molar-refractivity contribution in [2.75, 3.05) is 7.11 Å². The van der Waals surface area contributed by atoms with Crippen molar-refractivity contribution in [2.45, 2.75) is 19.4 Å². The Morgan fingerprint density at radius 1 is 0.971 bits per heavy atom. The third-order valence-corrected chi connectivity index (χ3v) is 6.59. The predicted molar refractivity (Wildman–Crippen MR) is 131 cm³/mol. The second kappa shape index (κ2) is 8.84. The molecular formula is C28H22ClNO4. The van der Waals surface area contributed by atoms with Gasteiger partial charge in [-0.3, -0.25) is 4.79 Å². The van der Waals surface area contributed by atoms with Crippen LogP contribution in [0.4, 0.5) is 0 Å². The first-order chi connectivity index (χ1) is 16.5. The summed E-state index contributed by atoms with van der Waals surface area (Å²) in [5, 5.41) is 3.90. The van der Waals surface area contributed by atoms with E-state index in [-0.39, 0.29) is 12.4 Å². The molecule has 1 aliphatic heterocycles. The summed E-state index contributed by atoms with van der Waals surface area (Å²) in [7, 11) is 1.34. The number of nitrogens with one attached hydrogen (secondary N) is 1. The number of rotatable bonds is 5. The molecule has 170 valence electrons. The third-order valence-electron chi connectivity index (χ3n) is 6.23. The molecule has 0 spiro atoms. The monoisotopic (exact) mass is 471 g/mol. The van der Waals surface area contributed by atoms with Gasteiger partial charge in [-0.2, -0.15) is 0 Å². The van der Waals surface area contributed by atoms with Gasteiger partial charge in [0.15, 0.2) is 5.78 Å². The summed E-state index contributed by atoms with van der Waals surface area (Å²) in [5.41, 5.74) is 5.25. The van der Waals surface area contributed by atoms with Crippen LogP contribution in [0.3, 0.4) is 0 Å². The lowest BCUT2D eigenvalue weighted by Crippen LogP contribution is -2.29. The van der Waals surface area contributed by atoms with E-state index in [0.717, 1.165) is 16.8 Å². The Hall–Kier alpha value is -3.83. The maximum absolute atomic E-state index is 13.6. The lowest BCUT2D eigenvalue weighted by atomic mass is 9.79. The number of ketones is 1. The number of methoxy groups -OCH3 is 1. The number of carbonyl (C=O) groups is 2. The maximum atomic E-state index is 13.6. The van der Waals surface area contributed by atoms with E-state index in [1.807, 2.05) is 79.7 Å². The number of esters is 1. The zero-order valence-corrected chi connectivity index (χ0v) is 19.5. The van der Waals surface area contributed by atoms with Crippen LogP contribution in [0, 0.1) is 0 Å². The number of Topliss-reactive ketones (excluding diaryl/α,β-unsaturated/α-hetero) is 1. The number of dihydropyridines is 1. The number of halogens is 1. The first-order valence-electron chi connectivity index (χ1n) is 10.9. The highest BCUT2D eigenvalue weighted by Crippen LogP contribution is 2.48. The summed E-state index contributed by atoms with van der Waals surface area (Å²) in [6, 6.07) is 22.4. The molecule has 0 amide bonds. The lowest BCUT2D eigenvalue weighted by molar-refractivity contribution is -0.136. The zero-order valence-electron chi connectivity index (χ0n) is 18.7. The van der Waals surface area contributed by atoms with Gasteiger partial charge >= 0.3 is 5.97 Å². The van der Waals surface area contributed by atoms with Crippen molar-refractivity contribution in [3.05, 3.63) is 117 Å². The van der Waals surface area contributed by atoms with Crippen molar-refractivity contribution >= 4 is 29.1 Å². The van der Waals surface area contributed by atoms with Crippen LogP contribution in [0.15, 0.2) is 89.6 Å². The van der Waals surface area contributed by atoms with E-state index in [9.17, 15) is 9.59 Å². The van der Waals surface area contributed by atoms with Crippen molar-refractivity contribution in [3.8, 4) is 5.75 Å². The summed E-state index contributed by atoms with van der Waals surface area (Å²) < 4.78 is 11.3. The first kappa shape index (κ1) is 22.0. The number of hydrogen-bond acceptors (Lipinski definition) is 5. The zero-order chi connectivity index (χ0) is 23.8. The minimum Gasteiger partial charge on any atom is -0.489 e. The van der Waals surface area contributed by atoms with Crippen LogP contribution in [0.5, 0.6) is 5.75 Å². The molecule has 34 heavy (non-hydrogen) atoms. The average Bonchev–Trinajstić information content (AvgIpc) is 3.14. The van der Waals surface area contributed by atoms with Gasteiger partial charge in [0.05, 0.1) is 24.3 Å². The number of carbonyl (C=O) groups excluding carboxylic acids is 2. The Kier molecular flexibility index (Phi) is 5.72. The fourth-order valence-corrected chi connectivity index (χ4v) is 4.83. The van der Waals surface area contributed by atoms with Crippen molar-refractivity contribution in [1.82, 2.24) is 5.32 Å². The number of hydrogen-bond donors (Lipinski definition) is 1. The molecule has 5 rings (SSSR count). The Bertz CT molecular complexity index is 1390. The summed E-state index contributed by atoms with van der Waals surface area (Å²) in [4.78, 5) is 26.5. The largest absolute Gasteiger partial charge is 0.489 e. The molecule has 1 N–H and O–H groups in total. The topological polar surface area (TPSA) is 64.6 Å². The minimum atomic E-state index is -0.647. The number of benzene rings is 3. The molecule has 5 nitrogen and oxygen atoms in total. The van der Waals surface area contributed by atoms with Crippen LogP contribution in [-0.2, 0) is 16.1 Å². The molecule has 0 bridgehead atoms. The molecule has 0 saturated heterocycles. The summed E-state index contributed by atoms with van der Waals surface area (Å²) in [6.07, 6.45) is 0. The van der Waals surface area contributed by atoms with E-state index in [1.54, 1.807) is 0 Å². The first-order valence-corrected chi connectivity index (χ1v) is 11.3. The normalized spacial score (nSPS) is 16.7. The molecular weight excluding hydrogens is 450 g/mol. The quantitative estimate of drug-likeness (QED) is 0.486. The molecule has 1 aliphatic carbocycles. The molecule has 0 fully saturated rings. The molecule has 2 aliphatic rings. The van der Waals surface area contributed by atoms with E-state index in [4.69, 9.17) is 21.1 Å². The van der Waals surface area contributed by atoms with Gasteiger partial charge in [-0.15, -0.1) is 0 Å². The van der Waals surface area contributed by atoms with Crippen molar-refractivity contribution in [1.29, 1.82) is 0 Å². The summed E-state index contributed by atoms with van der Waals surface area (Å²) >= 11 is 6.32. The SMILES string of the molecule is COC(=O)C1=C(C)NC2=C(C(=O)c3ccccc32)[C@H]1c1ccccc1OCc1ccccc1Cl. The second-order valence-corrected chi connectivity index (χ2v) is 8.58. The molecule has 1 heterocycles. The second-order valence-electron chi connectivity index (χ2n) is 8.17. The Morgan fingerprint density at radius 3 is 2.41 bits per heavy atom. The van der Waals surface area contributed by atoms with Crippen LogP contribution in [-0.4, -0.2) is 18.9 Å². The smallest absolute Gasteiger partial charge is 0.336 e. The Balaban J connectivity index is 1.63. The number of ether oxygens (including phenoxy) is 2. The molecule has 0 radical (unpaired) electrons. The molecule has 1 atom stereocenters. The van der Waals surface area contributed by atoms with E-state index < -0.39 is 11.9 Å². The van der Waals surface area contributed by atoms with Crippen LogP contribution >= 0.6 is 11.6 Å². The van der Waals surface area contributed by atoms with Gasteiger partial charge in [0.2, 0.25) is 0 Å². The highest BCUT2D eigenvalue weighted by molar-refractivity contribution is 6.31. The fraction of sp³-hybridized carbons (Fsp3) is 0.143. The van der Waals surface area contributed by atoms with Gasteiger partial charge in [0.1, 0.15) is 12.4 Å². The Labute approximate surface area is 202 Å². The van der Waals surface area contributed by atoms with E-state index in [1.165, 1.54) is 7.11 Å². The molecule has 0 aromatic heterocycles. The minimum absolute atomic E-state index is 0.113. The Morgan fingerprint density at radius 2 is 1.65 bits per heavy atom. The highest BCUT2D eigenvalue weighted by Gasteiger charge is 2.43. The fourth-order valence-electron chi connectivity index (χ4n) is 4.64. The van der Waals surface area contributed by atoms with Gasteiger partial charge in [0.25, 0.3) is 0 Å². The van der Waals surface area contributed by atoms with Gasteiger partial charge in [-0.05, 0) is 19.1 Å². The van der Waals surface area contributed by atoms with Crippen molar-refractivity contribution < 1.29 is 19.1 Å². The average molecular weight is 472 g/mol. The van der Waals surface area contributed by atoms with Gasteiger partial charge in [-0.25, -0.2) is 4.79 Å². The molecule has 6 heteroatoms. The highest BCUT2D eigenvalue weighted by atomic mass is 35.5. The van der Waals surface area contributed by atoms with E-state index in [2.05, 4.69) is 5.32 Å². The lowest BCUT2D eigenvalue weighted by Gasteiger charge is -2.30. The van der Waals surface area contributed by atoms with E-state index in [0.29, 0.717) is 38.7 Å². The van der Waals surface area contributed by atoms with Crippen LogP contribution in [0.25, 0.3) is 5.70 Å². The van der Waals surface area contributed by atoms with Gasteiger partial charge in [-0.1, -0.05) is 72.3 Å². The molecule has 3 aromatic rings. The maximum Gasteiger partial charge on any atom is 0.336 e. The molecule has 3 aromatic carbocycles. The summed E-state index contributed by atoms with van der Waals surface area (Å²) in [6.45, 7) is 2.07.